The quantitative estimate of drug-likeness (QED) is 0.817. The lowest BCUT2D eigenvalue weighted by molar-refractivity contribution is 0.350. The molecular formula is C12H17N5. The molecule has 3 heterocycles. The summed E-state index contributed by atoms with van der Waals surface area (Å²) in [6.07, 6.45) is 3.73. The van der Waals surface area contributed by atoms with Crippen LogP contribution in [0, 0.1) is 0 Å². The van der Waals surface area contributed by atoms with Crippen LogP contribution in [0.4, 0.5) is 5.82 Å². The van der Waals surface area contributed by atoms with Gasteiger partial charge in [0.25, 0.3) is 0 Å². The lowest BCUT2D eigenvalue weighted by Crippen LogP contribution is -2.43. The van der Waals surface area contributed by atoms with Crippen molar-refractivity contribution in [1.29, 1.82) is 0 Å². The number of fused-ring (bicyclic) bond motifs is 1. The molecule has 17 heavy (non-hydrogen) atoms. The first-order valence-corrected chi connectivity index (χ1v) is 6.00. The minimum absolute atomic E-state index is 0.431. The summed E-state index contributed by atoms with van der Waals surface area (Å²) in [6, 6.07) is 0.499. The third-order valence-corrected chi connectivity index (χ3v) is 3.44. The fraction of sp³-hybridized carbons (Fsp3) is 0.500. The van der Waals surface area contributed by atoms with Crippen LogP contribution < -0.4 is 11.1 Å². The number of nitrogens with two attached hydrogens (primary N) is 1. The van der Waals surface area contributed by atoms with Crippen molar-refractivity contribution >= 4 is 16.9 Å². The molecular weight excluding hydrogens is 214 g/mol. The van der Waals surface area contributed by atoms with Gasteiger partial charge in [-0.05, 0) is 11.5 Å². The maximum atomic E-state index is 5.99. The lowest BCUT2D eigenvalue weighted by atomic mass is 10.0. The van der Waals surface area contributed by atoms with Crippen molar-refractivity contribution in [2.75, 3.05) is 18.8 Å². The highest BCUT2D eigenvalue weighted by atomic mass is 15.2. The van der Waals surface area contributed by atoms with Gasteiger partial charge in [-0.25, -0.2) is 9.97 Å². The molecule has 3 N–H and O–H groups in total. The van der Waals surface area contributed by atoms with Crippen molar-refractivity contribution < 1.29 is 0 Å². The number of rotatable bonds is 2. The van der Waals surface area contributed by atoms with Crippen LogP contribution in [-0.4, -0.2) is 27.6 Å². The molecule has 5 nitrogen and oxygen atoms in total. The van der Waals surface area contributed by atoms with Gasteiger partial charge in [0.1, 0.15) is 17.8 Å². The first-order chi connectivity index (χ1) is 8.18. The minimum atomic E-state index is 0.431. The predicted molar refractivity (Wildman–Crippen MR) is 67.9 cm³/mol. The SMILES string of the molecule is CC(C)c1cn(C2CNC2)c2ncnc(N)c12. The average molecular weight is 231 g/mol. The molecule has 2 aromatic heterocycles. The zero-order valence-corrected chi connectivity index (χ0v) is 10.1. The molecule has 1 aliphatic heterocycles. The standard InChI is InChI=1S/C12H17N5/c1-7(2)9-5-17(8-3-14-4-8)12-10(9)11(13)15-6-16-12/h5-8,14H,3-4H2,1-2H3,(H2,13,15,16). The van der Waals surface area contributed by atoms with Gasteiger partial charge in [-0.15, -0.1) is 0 Å². The van der Waals surface area contributed by atoms with Gasteiger partial charge in [-0.2, -0.15) is 0 Å². The van der Waals surface area contributed by atoms with Crippen molar-refractivity contribution in [2.24, 2.45) is 0 Å². The highest BCUT2D eigenvalue weighted by Gasteiger charge is 2.24. The number of hydrogen-bond donors (Lipinski definition) is 2. The van der Waals surface area contributed by atoms with E-state index in [-0.39, 0.29) is 0 Å². The zero-order chi connectivity index (χ0) is 12.0. The largest absolute Gasteiger partial charge is 0.383 e. The molecule has 90 valence electrons. The van der Waals surface area contributed by atoms with E-state index in [2.05, 4.69) is 39.9 Å². The van der Waals surface area contributed by atoms with Crippen molar-refractivity contribution in [3.63, 3.8) is 0 Å². The van der Waals surface area contributed by atoms with Crippen LogP contribution >= 0.6 is 0 Å². The van der Waals surface area contributed by atoms with Gasteiger partial charge in [-0.1, -0.05) is 13.8 Å². The fourth-order valence-corrected chi connectivity index (χ4v) is 2.32. The summed E-state index contributed by atoms with van der Waals surface area (Å²) in [7, 11) is 0. The maximum absolute atomic E-state index is 5.99. The second-order valence-electron chi connectivity index (χ2n) is 4.92. The van der Waals surface area contributed by atoms with Gasteiger partial charge < -0.3 is 15.6 Å². The third kappa shape index (κ3) is 1.50. The normalized spacial score (nSPS) is 16.6. The Kier molecular flexibility index (Phi) is 2.29. The molecule has 0 spiro atoms. The molecule has 0 aliphatic carbocycles. The number of nitrogens with zero attached hydrogens (tertiary/aromatic N) is 3. The van der Waals surface area contributed by atoms with Gasteiger partial charge >= 0.3 is 0 Å². The van der Waals surface area contributed by atoms with E-state index in [1.807, 2.05) is 0 Å². The predicted octanol–water partition coefficient (Wildman–Crippen LogP) is 1.28. The molecule has 5 heteroatoms. The third-order valence-electron chi connectivity index (χ3n) is 3.44. The van der Waals surface area contributed by atoms with E-state index in [1.54, 1.807) is 6.33 Å². The molecule has 0 aromatic carbocycles. The molecule has 1 fully saturated rings. The monoisotopic (exact) mass is 231 g/mol. The summed E-state index contributed by atoms with van der Waals surface area (Å²) >= 11 is 0. The molecule has 0 radical (unpaired) electrons. The fourth-order valence-electron chi connectivity index (χ4n) is 2.32. The van der Waals surface area contributed by atoms with Gasteiger partial charge in [-0.3, -0.25) is 0 Å². The van der Waals surface area contributed by atoms with E-state index in [9.17, 15) is 0 Å². The Balaban J connectivity index is 2.26. The zero-order valence-electron chi connectivity index (χ0n) is 10.1. The summed E-state index contributed by atoms with van der Waals surface area (Å²) in [4.78, 5) is 8.50. The molecule has 0 amide bonds. The first-order valence-electron chi connectivity index (χ1n) is 6.00. The number of nitrogen functional groups attached to an aromatic ring is 1. The van der Waals surface area contributed by atoms with E-state index in [0.717, 1.165) is 24.1 Å². The molecule has 0 saturated carbocycles. The van der Waals surface area contributed by atoms with Gasteiger partial charge in [0.05, 0.1) is 11.4 Å². The molecule has 2 aromatic rings. The Bertz CT molecular complexity index is 553. The second kappa shape index (κ2) is 3.70. The highest BCUT2D eigenvalue weighted by molar-refractivity contribution is 5.90. The van der Waals surface area contributed by atoms with Gasteiger partial charge in [0, 0.05) is 19.3 Å². The topological polar surface area (TPSA) is 68.8 Å². The lowest BCUT2D eigenvalue weighted by Gasteiger charge is -2.29. The Hall–Kier alpha value is -1.62. The van der Waals surface area contributed by atoms with Crippen LogP contribution in [0.25, 0.3) is 11.0 Å². The smallest absolute Gasteiger partial charge is 0.146 e. The van der Waals surface area contributed by atoms with E-state index in [1.165, 1.54) is 5.56 Å². The summed E-state index contributed by atoms with van der Waals surface area (Å²) in [6.45, 7) is 6.35. The van der Waals surface area contributed by atoms with E-state index in [0.29, 0.717) is 17.8 Å². The van der Waals surface area contributed by atoms with Crippen molar-refractivity contribution in [3.8, 4) is 0 Å². The maximum Gasteiger partial charge on any atom is 0.146 e. The van der Waals surface area contributed by atoms with Crippen LogP contribution in [0.5, 0.6) is 0 Å². The molecule has 0 atom stereocenters. The number of hydrogen-bond acceptors (Lipinski definition) is 4. The molecule has 1 saturated heterocycles. The van der Waals surface area contributed by atoms with E-state index >= 15 is 0 Å². The van der Waals surface area contributed by atoms with Crippen LogP contribution in [0.3, 0.4) is 0 Å². The molecule has 1 aliphatic rings. The van der Waals surface area contributed by atoms with Crippen molar-refractivity contribution in [1.82, 2.24) is 19.9 Å². The number of aromatic nitrogens is 3. The van der Waals surface area contributed by atoms with Gasteiger partial charge in [0.2, 0.25) is 0 Å². The van der Waals surface area contributed by atoms with Crippen LogP contribution in [0.15, 0.2) is 12.5 Å². The van der Waals surface area contributed by atoms with Crippen LogP contribution in [-0.2, 0) is 0 Å². The van der Waals surface area contributed by atoms with Crippen molar-refractivity contribution in [2.45, 2.75) is 25.8 Å². The van der Waals surface area contributed by atoms with Crippen LogP contribution in [0.2, 0.25) is 0 Å². The Morgan fingerprint density at radius 1 is 1.41 bits per heavy atom. The molecule has 3 rings (SSSR count). The first kappa shape index (κ1) is 10.5. The summed E-state index contributed by atoms with van der Waals surface area (Å²) in [5, 5.41) is 4.30. The van der Waals surface area contributed by atoms with E-state index in [4.69, 9.17) is 5.73 Å². The van der Waals surface area contributed by atoms with Gasteiger partial charge in [0.15, 0.2) is 0 Å². The Labute approximate surface area is 100 Å². The minimum Gasteiger partial charge on any atom is -0.383 e. The Morgan fingerprint density at radius 3 is 2.76 bits per heavy atom. The molecule has 0 unspecified atom stereocenters. The molecule has 0 bridgehead atoms. The highest BCUT2D eigenvalue weighted by Crippen LogP contribution is 2.32. The number of nitrogens with one attached hydrogen (secondary N) is 1. The van der Waals surface area contributed by atoms with Crippen molar-refractivity contribution in [3.05, 3.63) is 18.1 Å². The summed E-state index contributed by atoms with van der Waals surface area (Å²) in [5.41, 5.74) is 8.19. The summed E-state index contributed by atoms with van der Waals surface area (Å²) < 4.78 is 2.24. The number of anilines is 1. The van der Waals surface area contributed by atoms with Crippen LogP contribution in [0.1, 0.15) is 31.4 Å². The average Bonchev–Trinajstić information content (AvgIpc) is 2.57. The summed E-state index contributed by atoms with van der Waals surface area (Å²) in [5.74, 6) is 1.02. The Morgan fingerprint density at radius 2 is 2.18 bits per heavy atom. The second-order valence-corrected chi connectivity index (χ2v) is 4.92. The van der Waals surface area contributed by atoms with E-state index < -0.39 is 0 Å².